The van der Waals surface area contributed by atoms with Crippen LogP contribution in [0.5, 0.6) is 5.75 Å². The molecule has 0 aromatic heterocycles. The third kappa shape index (κ3) is 2.82. The van der Waals surface area contributed by atoms with Gasteiger partial charge >= 0.3 is 0 Å². The third-order valence-electron chi connectivity index (χ3n) is 2.86. The Hall–Kier alpha value is -1.11. The van der Waals surface area contributed by atoms with Crippen LogP contribution in [0, 0.1) is 13.8 Å². The fraction of sp³-hybridized carbons (Fsp3) is 0.500. The lowest BCUT2D eigenvalue weighted by atomic mass is 10.1. The van der Waals surface area contributed by atoms with Gasteiger partial charge in [-0.1, -0.05) is 6.07 Å². The van der Waals surface area contributed by atoms with E-state index in [9.17, 15) is 8.42 Å². The van der Waals surface area contributed by atoms with Crippen LogP contribution in [0.25, 0.3) is 0 Å². The maximum atomic E-state index is 11.6. The monoisotopic (exact) mass is 271 g/mol. The quantitative estimate of drug-likeness (QED) is 0.893. The van der Waals surface area contributed by atoms with E-state index in [1.807, 2.05) is 19.9 Å². The Morgan fingerprint density at radius 3 is 2.67 bits per heavy atom. The molecule has 18 heavy (non-hydrogen) atoms. The van der Waals surface area contributed by atoms with Gasteiger partial charge in [0.1, 0.15) is 16.7 Å². The number of benzene rings is 1. The van der Waals surface area contributed by atoms with Crippen molar-refractivity contribution in [1.29, 1.82) is 0 Å². The van der Waals surface area contributed by atoms with E-state index < -0.39 is 10.0 Å². The van der Waals surface area contributed by atoms with Crippen LogP contribution in [0.2, 0.25) is 0 Å². The van der Waals surface area contributed by atoms with Crippen LogP contribution >= 0.6 is 0 Å². The summed E-state index contributed by atoms with van der Waals surface area (Å²) in [4.78, 5) is 0.0481. The molecule has 1 heterocycles. The van der Waals surface area contributed by atoms with Gasteiger partial charge in [0.15, 0.2) is 0 Å². The second kappa shape index (κ2) is 4.87. The van der Waals surface area contributed by atoms with Crippen LogP contribution < -0.4 is 9.88 Å². The van der Waals surface area contributed by atoms with Gasteiger partial charge < -0.3 is 9.47 Å². The Balaban J connectivity index is 2.43. The van der Waals surface area contributed by atoms with Crippen LogP contribution in [0.15, 0.2) is 17.0 Å². The summed E-state index contributed by atoms with van der Waals surface area (Å²) >= 11 is 0. The third-order valence-corrected chi connectivity index (χ3v) is 3.78. The van der Waals surface area contributed by atoms with Crippen LogP contribution in [0.3, 0.4) is 0 Å². The van der Waals surface area contributed by atoms with Crippen LogP contribution in [0.4, 0.5) is 0 Å². The number of aryl methyl sites for hydroxylation is 2. The molecule has 0 radical (unpaired) electrons. The topological polar surface area (TPSA) is 78.6 Å². The number of ether oxygens (including phenoxy) is 2. The van der Waals surface area contributed by atoms with Gasteiger partial charge in [0.05, 0.1) is 13.2 Å². The van der Waals surface area contributed by atoms with Gasteiger partial charge in [-0.3, -0.25) is 0 Å². The van der Waals surface area contributed by atoms with Crippen molar-refractivity contribution < 1.29 is 17.9 Å². The number of primary sulfonamides is 1. The highest BCUT2D eigenvalue weighted by molar-refractivity contribution is 7.89. The van der Waals surface area contributed by atoms with Crippen molar-refractivity contribution in [1.82, 2.24) is 0 Å². The highest BCUT2D eigenvalue weighted by Gasteiger charge is 2.23. The lowest BCUT2D eigenvalue weighted by Gasteiger charge is -2.17. The zero-order valence-electron chi connectivity index (χ0n) is 10.5. The molecule has 0 saturated carbocycles. The summed E-state index contributed by atoms with van der Waals surface area (Å²) in [5.74, 6) is 0.346. The number of sulfonamides is 1. The fourth-order valence-electron chi connectivity index (χ4n) is 2.05. The van der Waals surface area contributed by atoms with Crippen molar-refractivity contribution in [3.63, 3.8) is 0 Å². The maximum absolute atomic E-state index is 11.6. The van der Waals surface area contributed by atoms with Crippen molar-refractivity contribution in [2.24, 2.45) is 5.14 Å². The molecule has 0 spiro atoms. The average Bonchev–Trinajstić information content (AvgIpc) is 2.72. The number of hydrogen-bond acceptors (Lipinski definition) is 4. The Bertz CT molecular complexity index is 547. The van der Waals surface area contributed by atoms with E-state index in [1.54, 1.807) is 0 Å². The number of rotatable bonds is 3. The van der Waals surface area contributed by atoms with Crippen molar-refractivity contribution in [3.05, 3.63) is 23.3 Å². The van der Waals surface area contributed by atoms with Gasteiger partial charge in [0.2, 0.25) is 10.0 Å². The van der Waals surface area contributed by atoms with Crippen molar-refractivity contribution in [3.8, 4) is 5.75 Å². The molecule has 1 saturated heterocycles. The summed E-state index contributed by atoms with van der Waals surface area (Å²) in [6.45, 7) is 4.76. The summed E-state index contributed by atoms with van der Waals surface area (Å²) in [6, 6.07) is 3.41. The lowest BCUT2D eigenvalue weighted by Crippen LogP contribution is -2.20. The molecule has 1 aromatic rings. The normalized spacial score (nSPS) is 20.1. The highest BCUT2D eigenvalue weighted by Crippen LogP contribution is 2.30. The Morgan fingerprint density at radius 1 is 1.39 bits per heavy atom. The molecule has 1 atom stereocenters. The molecule has 1 unspecified atom stereocenters. The first kappa shape index (κ1) is 13.3. The zero-order valence-corrected chi connectivity index (χ0v) is 11.3. The van der Waals surface area contributed by atoms with E-state index in [4.69, 9.17) is 14.6 Å². The van der Waals surface area contributed by atoms with Gasteiger partial charge in [-0.25, -0.2) is 13.6 Å². The van der Waals surface area contributed by atoms with Crippen LogP contribution in [0.1, 0.15) is 17.5 Å². The minimum Gasteiger partial charge on any atom is -0.486 e. The standard InChI is InChI=1S/C12H17NO4S/c1-8-5-9(2)12(11(6-8)18(13,14)15)17-10-3-4-16-7-10/h5-6,10H,3-4,7H2,1-2H3,(H2,13,14,15). The first-order valence-corrected chi connectivity index (χ1v) is 7.31. The van der Waals surface area contributed by atoms with Gasteiger partial charge in [0.25, 0.3) is 0 Å². The van der Waals surface area contributed by atoms with Gasteiger partial charge in [-0.2, -0.15) is 0 Å². The van der Waals surface area contributed by atoms with E-state index >= 15 is 0 Å². The largest absolute Gasteiger partial charge is 0.486 e. The molecule has 2 rings (SSSR count). The molecular weight excluding hydrogens is 254 g/mol. The van der Waals surface area contributed by atoms with Crippen molar-refractivity contribution in [2.75, 3.05) is 13.2 Å². The van der Waals surface area contributed by atoms with Crippen molar-refractivity contribution >= 4 is 10.0 Å². The van der Waals surface area contributed by atoms with E-state index in [2.05, 4.69) is 0 Å². The molecule has 1 aliphatic heterocycles. The SMILES string of the molecule is Cc1cc(C)c(OC2CCOC2)c(S(N)(=O)=O)c1. The molecule has 1 aliphatic rings. The predicted octanol–water partition coefficient (Wildman–Crippen LogP) is 1.12. The minimum atomic E-state index is -3.79. The Labute approximate surface area is 107 Å². The molecule has 1 fully saturated rings. The van der Waals surface area contributed by atoms with E-state index in [0.717, 1.165) is 17.5 Å². The molecule has 2 N–H and O–H groups in total. The molecule has 0 bridgehead atoms. The predicted molar refractivity (Wildman–Crippen MR) is 67.1 cm³/mol. The molecule has 100 valence electrons. The summed E-state index contributed by atoms with van der Waals surface area (Å²) in [6.07, 6.45) is 0.657. The Kier molecular flexibility index (Phi) is 3.61. The molecule has 0 amide bonds. The summed E-state index contributed by atoms with van der Waals surface area (Å²) in [5, 5.41) is 5.23. The van der Waals surface area contributed by atoms with Gasteiger partial charge in [0, 0.05) is 6.42 Å². The molecule has 0 aliphatic carbocycles. The summed E-state index contributed by atoms with van der Waals surface area (Å²) < 4.78 is 34.1. The van der Waals surface area contributed by atoms with Gasteiger partial charge in [-0.05, 0) is 31.0 Å². The average molecular weight is 271 g/mol. The number of nitrogens with two attached hydrogens (primary N) is 1. The highest BCUT2D eigenvalue weighted by atomic mass is 32.2. The van der Waals surface area contributed by atoms with E-state index in [1.165, 1.54) is 6.07 Å². The van der Waals surface area contributed by atoms with Gasteiger partial charge in [-0.15, -0.1) is 0 Å². The summed E-state index contributed by atoms with van der Waals surface area (Å²) in [7, 11) is -3.79. The lowest BCUT2D eigenvalue weighted by molar-refractivity contribution is 0.138. The smallest absolute Gasteiger partial charge is 0.241 e. The van der Waals surface area contributed by atoms with E-state index in [0.29, 0.717) is 19.0 Å². The van der Waals surface area contributed by atoms with Crippen LogP contribution in [-0.4, -0.2) is 27.7 Å². The molecule has 5 nitrogen and oxygen atoms in total. The maximum Gasteiger partial charge on any atom is 0.241 e. The fourth-order valence-corrected chi connectivity index (χ4v) is 2.87. The number of hydrogen-bond donors (Lipinski definition) is 1. The minimum absolute atomic E-state index is 0.0481. The molecule has 1 aromatic carbocycles. The first-order chi connectivity index (χ1) is 8.38. The summed E-state index contributed by atoms with van der Waals surface area (Å²) in [5.41, 5.74) is 1.61. The first-order valence-electron chi connectivity index (χ1n) is 5.76. The van der Waals surface area contributed by atoms with E-state index in [-0.39, 0.29) is 11.0 Å². The zero-order chi connectivity index (χ0) is 13.3. The molecule has 6 heteroatoms. The second-order valence-corrected chi connectivity index (χ2v) is 6.09. The Morgan fingerprint density at radius 2 is 2.11 bits per heavy atom. The molecular formula is C12H17NO4S. The van der Waals surface area contributed by atoms with Crippen molar-refractivity contribution in [2.45, 2.75) is 31.3 Å². The second-order valence-electron chi connectivity index (χ2n) is 4.56. The van der Waals surface area contributed by atoms with Crippen LogP contribution in [-0.2, 0) is 14.8 Å².